The number of carbonyl (C=O) groups excluding carboxylic acids is 2. The molecular weight excluding hydrogens is 692 g/mol. The van der Waals surface area contributed by atoms with Crippen molar-refractivity contribution < 1.29 is 33.0 Å². The summed E-state index contributed by atoms with van der Waals surface area (Å²) in [6.07, 6.45) is 2.54. The molecule has 0 aliphatic carbocycles. The van der Waals surface area contributed by atoms with Crippen LogP contribution < -0.4 is 15.1 Å². The molecule has 1 aromatic heterocycles. The number of ether oxygens (including phenoxy) is 1. The lowest BCUT2D eigenvalue weighted by Crippen LogP contribution is -2.53. The van der Waals surface area contributed by atoms with Crippen LogP contribution in [0.1, 0.15) is 29.5 Å². The highest BCUT2D eigenvalue weighted by Crippen LogP contribution is 2.38. The maximum absolute atomic E-state index is 15.4. The van der Waals surface area contributed by atoms with Crippen molar-refractivity contribution in [2.75, 3.05) is 62.7 Å². The average Bonchev–Trinajstić information content (AvgIpc) is 3.76. The third kappa shape index (κ3) is 6.52. The van der Waals surface area contributed by atoms with Crippen molar-refractivity contribution in [3.05, 3.63) is 86.5 Å². The first kappa shape index (κ1) is 33.9. The number of halogens is 3. The maximum Gasteiger partial charge on any atom is 0.338 e. The Labute approximate surface area is 295 Å². The molecule has 0 radical (unpaired) electrons. The second kappa shape index (κ2) is 14.0. The molecule has 2 amide bonds. The number of aliphatic carboxylic acids is 1. The number of benzene rings is 2. The van der Waals surface area contributed by atoms with Crippen molar-refractivity contribution in [3.63, 3.8) is 0 Å². The summed E-state index contributed by atoms with van der Waals surface area (Å²) in [4.78, 5) is 54.7. The van der Waals surface area contributed by atoms with Gasteiger partial charge >= 0.3 is 18.0 Å². The normalized spacial score (nSPS) is 21.6. The number of esters is 1. The first-order valence-electron chi connectivity index (χ1n) is 16.2. The third-order valence-electron chi connectivity index (χ3n) is 9.67. The molecule has 2 atom stereocenters. The minimum absolute atomic E-state index is 0.116. The molecule has 5 heterocycles. The van der Waals surface area contributed by atoms with Gasteiger partial charge in [-0.2, -0.15) is 0 Å². The summed E-state index contributed by atoms with van der Waals surface area (Å²) in [6.45, 7) is 2.91. The number of fused-ring (bicyclic) bond motifs is 1. The Morgan fingerprint density at radius 1 is 1.10 bits per heavy atom. The molecular formula is C34H34ClF2N7O5S. The van der Waals surface area contributed by atoms with Gasteiger partial charge in [0.15, 0.2) is 10.8 Å². The summed E-state index contributed by atoms with van der Waals surface area (Å²) >= 11 is 7.85. The monoisotopic (exact) mass is 725 g/mol. The summed E-state index contributed by atoms with van der Waals surface area (Å²) < 4.78 is 34.6. The fraction of sp³-hybridized carbons (Fsp3) is 0.382. The Balaban J connectivity index is 1.10. The van der Waals surface area contributed by atoms with E-state index in [1.165, 1.54) is 42.7 Å². The molecule has 0 bridgehead atoms. The van der Waals surface area contributed by atoms with E-state index in [1.54, 1.807) is 28.1 Å². The standard InChI is InChI=1S/C34H34ClF2N7O5S/c1-49-33(47)28-26(39-30(31-38-8-13-50-31)40-29(28)23-4-2-20(36)14-24(23)35)18-41-11-12-43-22(16-41)17-44(34(43)48)21-3-5-27(25(37)15-21)42-9-6-19(7-10-42)32(45)46/h2-5,8,13-15,19,22,29H,6-7,9-12,16-18H2,1H3,(H,39,40)(H,45,46)/t22-,29-/m0/s1. The van der Waals surface area contributed by atoms with Gasteiger partial charge in [-0.3, -0.25) is 19.6 Å². The third-order valence-corrected chi connectivity index (χ3v) is 10.8. The van der Waals surface area contributed by atoms with Crippen molar-refractivity contribution in [1.29, 1.82) is 0 Å². The van der Waals surface area contributed by atoms with E-state index in [2.05, 4.69) is 15.2 Å². The number of hydrogen-bond donors (Lipinski definition) is 2. The predicted octanol–water partition coefficient (Wildman–Crippen LogP) is 4.52. The lowest BCUT2D eigenvalue weighted by molar-refractivity contribution is -0.142. The number of urea groups is 1. The molecule has 3 aromatic rings. The van der Waals surface area contributed by atoms with Crippen molar-refractivity contribution in [2.45, 2.75) is 24.9 Å². The number of nitrogens with zero attached hydrogens (tertiary/aromatic N) is 6. The summed E-state index contributed by atoms with van der Waals surface area (Å²) in [7, 11) is 1.28. The number of piperidine rings is 1. The van der Waals surface area contributed by atoms with E-state index in [9.17, 15) is 23.9 Å². The number of hydrogen-bond acceptors (Lipinski definition) is 10. The Hall–Kier alpha value is -4.60. The van der Waals surface area contributed by atoms with Crippen molar-refractivity contribution >= 4 is 58.1 Å². The minimum atomic E-state index is -0.892. The smallest absolute Gasteiger partial charge is 0.338 e. The highest BCUT2D eigenvalue weighted by Gasteiger charge is 2.42. The van der Waals surface area contributed by atoms with Gasteiger partial charge in [-0.15, -0.1) is 11.3 Å². The zero-order valence-corrected chi connectivity index (χ0v) is 28.6. The maximum atomic E-state index is 15.4. The van der Waals surface area contributed by atoms with Gasteiger partial charge in [-0.05, 0) is 43.2 Å². The number of nitrogens with one attached hydrogen (secondary N) is 1. The van der Waals surface area contributed by atoms with Gasteiger partial charge < -0.3 is 25.0 Å². The quantitative estimate of drug-likeness (QED) is 0.322. The predicted molar refractivity (Wildman–Crippen MR) is 184 cm³/mol. The Kier molecular flexibility index (Phi) is 9.46. The highest BCUT2D eigenvalue weighted by atomic mass is 35.5. The van der Waals surface area contributed by atoms with Crippen LogP contribution >= 0.6 is 22.9 Å². The van der Waals surface area contributed by atoms with Crippen LogP contribution in [0.5, 0.6) is 0 Å². The number of methoxy groups -OCH3 is 1. The molecule has 262 valence electrons. The number of thiazole rings is 1. The number of carboxylic acids is 1. The Morgan fingerprint density at radius 3 is 2.58 bits per heavy atom. The van der Waals surface area contributed by atoms with Gasteiger partial charge in [-0.25, -0.2) is 23.4 Å². The zero-order valence-electron chi connectivity index (χ0n) is 27.0. The van der Waals surface area contributed by atoms with Crippen LogP contribution in [0.2, 0.25) is 5.02 Å². The average molecular weight is 726 g/mol. The summed E-state index contributed by atoms with van der Waals surface area (Å²) in [5.74, 6) is -2.41. The SMILES string of the molecule is COC(=O)C1=C(CN2CCN3C(=O)N(c4ccc(N5CCC(C(=O)O)CC5)c(F)c4)C[C@@H]3C2)NC(c2nccs2)=N[C@H]1c1ccc(F)cc1Cl. The van der Waals surface area contributed by atoms with Crippen LogP contribution in [0.15, 0.2) is 64.2 Å². The molecule has 0 saturated carbocycles. The van der Waals surface area contributed by atoms with E-state index in [4.69, 9.17) is 21.3 Å². The van der Waals surface area contributed by atoms with Gasteiger partial charge in [0, 0.05) is 79.4 Å². The van der Waals surface area contributed by atoms with Crippen LogP contribution in [0.3, 0.4) is 0 Å². The van der Waals surface area contributed by atoms with Crippen LogP contribution in [0.4, 0.5) is 25.0 Å². The molecule has 0 spiro atoms. The number of amidine groups is 1. The molecule has 2 N–H and O–H groups in total. The lowest BCUT2D eigenvalue weighted by atomic mass is 9.95. The molecule has 2 aromatic carbocycles. The molecule has 4 aliphatic heterocycles. The van der Waals surface area contributed by atoms with Crippen molar-refractivity contribution in [1.82, 2.24) is 20.1 Å². The van der Waals surface area contributed by atoms with E-state index in [0.29, 0.717) is 85.6 Å². The van der Waals surface area contributed by atoms with E-state index in [1.807, 2.05) is 10.3 Å². The Morgan fingerprint density at radius 2 is 1.90 bits per heavy atom. The molecule has 0 unspecified atom stereocenters. The molecule has 50 heavy (non-hydrogen) atoms. The van der Waals surface area contributed by atoms with Crippen LogP contribution in [-0.4, -0.2) is 103 Å². The number of carbonyl (C=O) groups is 3. The largest absolute Gasteiger partial charge is 0.481 e. The highest BCUT2D eigenvalue weighted by molar-refractivity contribution is 7.11. The topological polar surface area (TPSA) is 131 Å². The number of rotatable bonds is 8. The molecule has 12 nitrogen and oxygen atoms in total. The number of piperazine rings is 1. The summed E-state index contributed by atoms with van der Waals surface area (Å²) in [5.41, 5.74) is 2.04. The Bertz CT molecular complexity index is 1880. The second-order valence-electron chi connectivity index (χ2n) is 12.6. The van der Waals surface area contributed by atoms with Crippen molar-refractivity contribution in [2.24, 2.45) is 10.9 Å². The fourth-order valence-electron chi connectivity index (χ4n) is 7.11. The fourth-order valence-corrected chi connectivity index (χ4v) is 7.97. The minimum Gasteiger partial charge on any atom is -0.481 e. The number of aliphatic imine (C=N–C) groups is 1. The van der Waals surface area contributed by atoms with Gasteiger partial charge in [0.2, 0.25) is 0 Å². The first-order valence-corrected chi connectivity index (χ1v) is 17.5. The number of carboxylic acid groups (broad SMARTS) is 1. The van der Waals surface area contributed by atoms with Gasteiger partial charge in [0.05, 0.1) is 30.3 Å². The number of amides is 2. The number of anilines is 2. The molecule has 7 rings (SSSR count). The lowest BCUT2D eigenvalue weighted by Gasteiger charge is -2.38. The van der Waals surface area contributed by atoms with Crippen molar-refractivity contribution in [3.8, 4) is 0 Å². The van der Waals surface area contributed by atoms with Crippen LogP contribution in [0, 0.1) is 17.6 Å². The van der Waals surface area contributed by atoms with E-state index in [0.717, 1.165) is 0 Å². The van der Waals surface area contributed by atoms with Gasteiger partial charge in [0.1, 0.15) is 17.7 Å². The van der Waals surface area contributed by atoms with E-state index >= 15 is 4.39 Å². The van der Waals surface area contributed by atoms with E-state index < -0.39 is 35.5 Å². The molecule has 3 fully saturated rings. The number of aromatic nitrogens is 1. The van der Waals surface area contributed by atoms with Crippen LogP contribution in [0.25, 0.3) is 0 Å². The molecule has 16 heteroatoms. The van der Waals surface area contributed by atoms with Gasteiger partial charge in [0.25, 0.3) is 0 Å². The second-order valence-corrected chi connectivity index (χ2v) is 13.9. The van der Waals surface area contributed by atoms with Gasteiger partial charge in [-0.1, -0.05) is 17.7 Å². The zero-order chi connectivity index (χ0) is 35.1. The molecule has 4 aliphatic rings. The summed E-state index contributed by atoms with van der Waals surface area (Å²) in [6, 6.07) is 7.40. The first-order chi connectivity index (χ1) is 24.1. The summed E-state index contributed by atoms with van der Waals surface area (Å²) in [5, 5.41) is 15.1. The molecule has 3 saturated heterocycles. The van der Waals surface area contributed by atoms with Crippen LogP contribution in [-0.2, 0) is 14.3 Å². The van der Waals surface area contributed by atoms with E-state index in [-0.39, 0.29) is 29.2 Å².